The summed E-state index contributed by atoms with van der Waals surface area (Å²) in [6.45, 7) is 4.37. The Morgan fingerprint density at radius 3 is 1.38 bits per heavy atom. The molecule has 0 bridgehead atoms. The number of hydrogen-bond acceptors (Lipinski definition) is 4. The standard InChI is InChI=1S/C26H20N2O4/c1-15-11-17(13-27-21-9-5-3-7-19(21)23(29)25(27)31)18(12-16(15)2)14-28-22-10-6-4-8-20(22)24(30)26(28)32/h3-12H,13-14H2,1-2H3. The molecule has 0 spiro atoms. The fraction of sp³-hybridized carbons (Fsp3) is 0.154. The molecule has 2 amide bonds. The highest BCUT2D eigenvalue weighted by Crippen LogP contribution is 2.34. The Labute approximate surface area is 185 Å². The number of para-hydroxylation sites is 2. The molecule has 6 heteroatoms. The van der Waals surface area contributed by atoms with E-state index in [-0.39, 0.29) is 13.1 Å². The quantitative estimate of drug-likeness (QED) is 0.598. The number of rotatable bonds is 4. The van der Waals surface area contributed by atoms with E-state index in [1.165, 1.54) is 9.80 Å². The van der Waals surface area contributed by atoms with Crippen LogP contribution in [-0.2, 0) is 22.7 Å². The van der Waals surface area contributed by atoms with Crippen molar-refractivity contribution in [2.24, 2.45) is 0 Å². The van der Waals surface area contributed by atoms with Crippen LogP contribution in [-0.4, -0.2) is 23.4 Å². The second kappa shape index (κ2) is 7.27. The highest BCUT2D eigenvalue weighted by atomic mass is 16.2. The number of nitrogens with zero attached hydrogens (tertiary/aromatic N) is 2. The average molecular weight is 424 g/mol. The van der Waals surface area contributed by atoms with Gasteiger partial charge in [0.2, 0.25) is 0 Å². The average Bonchev–Trinajstić information content (AvgIpc) is 3.18. The van der Waals surface area contributed by atoms with Crippen LogP contribution in [0.1, 0.15) is 43.0 Å². The van der Waals surface area contributed by atoms with Crippen molar-refractivity contribution in [1.29, 1.82) is 0 Å². The Balaban J connectivity index is 1.54. The first kappa shape index (κ1) is 19.9. The molecule has 2 heterocycles. The third kappa shape index (κ3) is 2.95. The zero-order chi connectivity index (χ0) is 22.6. The van der Waals surface area contributed by atoms with Gasteiger partial charge in [-0.3, -0.25) is 19.2 Å². The predicted molar refractivity (Wildman–Crippen MR) is 120 cm³/mol. The maximum absolute atomic E-state index is 12.7. The molecule has 0 radical (unpaired) electrons. The van der Waals surface area contributed by atoms with Crippen molar-refractivity contribution in [2.45, 2.75) is 26.9 Å². The number of amides is 2. The molecule has 5 rings (SSSR count). The highest BCUT2D eigenvalue weighted by Gasteiger charge is 2.37. The molecule has 158 valence electrons. The van der Waals surface area contributed by atoms with Crippen LogP contribution in [0.2, 0.25) is 0 Å². The van der Waals surface area contributed by atoms with Gasteiger partial charge in [-0.05, 0) is 60.4 Å². The van der Waals surface area contributed by atoms with Crippen molar-refractivity contribution in [1.82, 2.24) is 0 Å². The molecule has 2 aliphatic rings. The third-order valence-corrected chi connectivity index (χ3v) is 6.23. The largest absolute Gasteiger partial charge is 0.300 e. The van der Waals surface area contributed by atoms with E-state index >= 15 is 0 Å². The summed E-state index contributed by atoms with van der Waals surface area (Å²) in [6, 6.07) is 17.9. The fourth-order valence-electron chi connectivity index (χ4n) is 4.38. The number of benzene rings is 3. The number of Topliss-reactive ketones (excluding diaryl/α,β-unsaturated/α-hetero) is 2. The van der Waals surface area contributed by atoms with E-state index in [0.29, 0.717) is 22.5 Å². The van der Waals surface area contributed by atoms with Crippen LogP contribution in [0, 0.1) is 13.8 Å². The van der Waals surface area contributed by atoms with E-state index < -0.39 is 23.4 Å². The number of ketones is 2. The molecular formula is C26H20N2O4. The van der Waals surface area contributed by atoms with Crippen molar-refractivity contribution in [3.63, 3.8) is 0 Å². The van der Waals surface area contributed by atoms with Gasteiger partial charge in [0, 0.05) is 0 Å². The maximum Gasteiger partial charge on any atom is 0.299 e. The van der Waals surface area contributed by atoms with Gasteiger partial charge in [0.15, 0.2) is 0 Å². The first-order valence-electron chi connectivity index (χ1n) is 10.4. The molecule has 0 fully saturated rings. The van der Waals surface area contributed by atoms with Crippen LogP contribution in [0.5, 0.6) is 0 Å². The topological polar surface area (TPSA) is 74.8 Å². The second-order valence-corrected chi connectivity index (χ2v) is 8.18. The van der Waals surface area contributed by atoms with Gasteiger partial charge in [0.1, 0.15) is 0 Å². The molecule has 6 nitrogen and oxygen atoms in total. The van der Waals surface area contributed by atoms with Crippen LogP contribution in [0.15, 0.2) is 60.7 Å². The van der Waals surface area contributed by atoms with E-state index in [1.54, 1.807) is 48.5 Å². The summed E-state index contributed by atoms with van der Waals surface area (Å²) >= 11 is 0. The summed E-state index contributed by atoms with van der Waals surface area (Å²) in [6.07, 6.45) is 0. The SMILES string of the molecule is Cc1cc(CN2C(=O)C(=O)c3ccccc32)c(CN2C(=O)C(=O)c3ccccc32)cc1C. The van der Waals surface area contributed by atoms with Crippen molar-refractivity contribution >= 4 is 34.8 Å². The number of fused-ring (bicyclic) bond motifs is 2. The van der Waals surface area contributed by atoms with Gasteiger partial charge in [0.25, 0.3) is 23.4 Å². The van der Waals surface area contributed by atoms with Gasteiger partial charge in [0.05, 0.1) is 35.6 Å². The van der Waals surface area contributed by atoms with Crippen LogP contribution < -0.4 is 9.80 Å². The molecule has 0 atom stereocenters. The van der Waals surface area contributed by atoms with Crippen molar-refractivity contribution in [3.8, 4) is 0 Å². The van der Waals surface area contributed by atoms with Gasteiger partial charge >= 0.3 is 0 Å². The molecule has 0 saturated carbocycles. The molecule has 0 N–H and O–H groups in total. The zero-order valence-electron chi connectivity index (χ0n) is 17.7. The van der Waals surface area contributed by atoms with E-state index in [9.17, 15) is 19.2 Å². The van der Waals surface area contributed by atoms with Crippen LogP contribution in [0.4, 0.5) is 11.4 Å². The molecule has 0 unspecified atom stereocenters. The van der Waals surface area contributed by atoms with Gasteiger partial charge in [-0.2, -0.15) is 0 Å². The van der Waals surface area contributed by atoms with Gasteiger partial charge in [-0.1, -0.05) is 36.4 Å². The van der Waals surface area contributed by atoms with E-state index in [1.807, 2.05) is 26.0 Å². The van der Waals surface area contributed by atoms with Crippen LogP contribution in [0.3, 0.4) is 0 Å². The van der Waals surface area contributed by atoms with Gasteiger partial charge in [-0.15, -0.1) is 0 Å². The Morgan fingerprint density at radius 1 is 0.594 bits per heavy atom. The molecule has 3 aromatic carbocycles. The minimum atomic E-state index is -0.562. The van der Waals surface area contributed by atoms with Crippen molar-refractivity contribution < 1.29 is 19.2 Å². The van der Waals surface area contributed by atoms with Crippen LogP contribution >= 0.6 is 0 Å². The first-order valence-corrected chi connectivity index (χ1v) is 10.4. The molecule has 2 aliphatic heterocycles. The normalized spacial score (nSPS) is 14.9. The van der Waals surface area contributed by atoms with E-state index in [0.717, 1.165) is 22.3 Å². The fourth-order valence-corrected chi connectivity index (χ4v) is 4.38. The molecule has 0 aromatic heterocycles. The maximum atomic E-state index is 12.7. The van der Waals surface area contributed by atoms with E-state index in [2.05, 4.69) is 0 Å². The monoisotopic (exact) mass is 424 g/mol. The Hall–Kier alpha value is -4.06. The highest BCUT2D eigenvalue weighted by molar-refractivity contribution is 6.52. The van der Waals surface area contributed by atoms with Gasteiger partial charge in [-0.25, -0.2) is 0 Å². The first-order chi connectivity index (χ1) is 15.4. The second-order valence-electron chi connectivity index (χ2n) is 8.18. The Bertz CT molecular complexity index is 1240. The Kier molecular flexibility index (Phi) is 4.51. The lowest BCUT2D eigenvalue weighted by Crippen LogP contribution is -2.32. The lowest BCUT2D eigenvalue weighted by molar-refractivity contribution is -0.115. The predicted octanol–water partition coefficient (Wildman–Crippen LogP) is 3.76. The number of hydrogen-bond donors (Lipinski definition) is 0. The minimum absolute atomic E-state index is 0.204. The Morgan fingerprint density at radius 2 is 0.969 bits per heavy atom. The summed E-state index contributed by atoms with van der Waals surface area (Å²) in [4.78, 5) is 53.2. The third-order valence-electron chi connectivity index (χ3n) is 6.23. The minimum Gasteiger partial charge on any atom is -0.300 e. The molecule has 3 aromatic rings. The summed E-state index contributed by atoms with van der Waals surface area (Å²) in [7, 11) is 0. The zero-order valence-corrected chi connectivity index (χ0v) is 17.7. The number of carbonyl (C=O) groups is 4. The summed E-state index contributed by atoms with van der Waals surface area (Å²) in [5.74, 6) is -2.15. The van der Waals surface area contributed by atoms with Crippen molar-refractivity contribution in [2.75, 3.05) is 9.80 Å². The molecule has 0 aliphatic carbocycles. The molecule has 32 heavy (non-hydrogen) atoms. The molecular weight excluding hydrogens is 404 g/mol. The van der Waals surface area contributed by atoms with Gasteiger partial charge < -0.3 is 9.80 Å². The summed E-state index contributed by atoms with van der Waals surface area (Å²) in [5.41, 5.74) is 5.72. The smallest absolute Gasteiger partial charge is 0.299 e. The number of aryl methyl sites for hydroxylation is 2. The summed E-state index contributed by atoms with van der Waals surface area (Å²) in [5, 5.41) is 0. The lowest BCUT2D eigenvalue weighted by atomic mass is 9.98. The lowest BCUT2D eigenvalue weighted by Gasteiger charge is -2.23. The van der Waals surface area contributed by atoms with E-state index in [4.69, 9.17) is 0 Å². The summed E-state index contributed by atoms with van der Waals surface area (Å²) < 4.78 is 0. The molecule has 0 saturated heterocycles. The van der Waals surface area contributed by atoms with Crippen LogP contribution in [0.25, 0.3) is 0 Å². The number of carbonyl (C=O) groups excluding carboxylic acids is 4. The van der Waals surface area contributed by atoms with Crippen molar-refractivity contribution in [3.05, 3.63) is 94.0 Å². The number of anilines is 2.